The van der Waals surface area contributed by atoms with Crippen molar-refractivity contribution in [1.29, 1.82) is 0 Å². The molecule has 0 bridgehead atoms. The molecule has 28 heavy (non-hydrogen) atoms. The summed E-state index contributed by atoms with van der Waals surface area (Å²) in [6, 6.07) is 13.1. The van der Waals surface area contributed by atoms with Gasteiger partial charge in [-0.2, -0.15) is 0 Å². The molecular formula is C20H26N2O5S. The van der Waals surface area contributed by atoms with Crippen molar-refractivity contribution in [3.05, 3.63) is 59.7 Å². The van der Waals surface area contributed by atoms with Crippen molar-refractivity contribution in [2.75, 3.05) is 27.4 Å². The van der Waals surface area contributed by atoms with Crippen LogP contribution in [0.3, 0.4) is 0 Å². The second-order valence-electron chi connectivity index (χ2n) is 6.09. The predicted molar refractivity (Wildman–Crippen MR) is 107 cm³/mol. The number of benzene rings is 2. The third-order valence-electron chi connectivity index (χ3n) is 4.25. The van der Waals surface area contributed by atoms with Crippen molar-refractivity contribution >= 4 is 15.9 Å². The molecule has 2 N–H and O–H groups in total. The van der Waals surface area contributed by atoms with Crippen LogP contribution in [0.1, 0.15) is 35.3 Å². The summed E-state index contributed by atoms with van der Waals surface area (Å²) in [6.45, 7) is 2.43. The molecular weight excluding hydrogens is 380 g/mol. The van der Waals surface area contributed by atoms with E-state index in [0.29, 0.717) is 17.7 Å². The summed E-state index contributed by atoms with van der Waals surface area (Å²) in [5.41, 5.74) is 1.27. The van der Waals surface area contributed by atoms with Crippen molar-refractivity contribution in [3.63, 3.8) is 0 Å². The summed E-state index contributed by atoms with van der Waals surface area (Å²) >= 11 is 0. The van der Waals surface area contributed by atoms with Crippen molar-refractivity contribution in [2.45, 2.75) is 24.3 Å². The molecule has 2 rings (SSSR count). The van der Waals surface area contributed by atoms with E-state index >= 15 is 0 Å². The lowest BCUT2D eigenvalue weighted by atomic mass is 10.0. The maximum absolute atomic E-state index is 12.6. The van der Waals surface area contributed by atoms with Crippen LogP contribution >= 0.6 is 0 Å². The maximum Gasteiger partial charge on any atom is 0.251 e. The number of amides is 1. The average molecular weight is 407 g/mol. The Hall–Kier alpha value is -2.42. The van der Waals surface area contributed by atoms with Crippen molar-refractivity contribution in [2.24, 2.45) is 0 Å². The average Bonchev–Trinajstić information content (AvgIpc) is 2.72. The molecule has 1 amide bonds. The lowest BCUT2D eigenvalue weighted by Crippen LogP contribution is -2.29. The van der Waals surface area contributed by atoms with Gasteiger partial charge in [-0.05, 0) is 36.8 Å². The fourth-order valence-electron chi connectivity index (χ4n) is 2.74. The molecule has 0 spiro atoms. The van der Waals surface area contributed by atoms with E-state index in [2.05, 4.69) is 10.0 Å². The molecule has 0 aliphatic carbocycles. The largest absolute Gasteiger partial charge is 0.496 e. The summed E-state index contributed by atoms with van der Waals surface area (Å²) in [5.74, 6) is 0.423. The Kier molecular flexibility index (Phi) is 7.98. The molecule has 8 heteroatoms. The van der Waals surface area contributed by atoms with E-state index in [1.54, 1.807) is 7.11 Å². The van der Waals surface area contributed by atoms with E-state index in [9.17, 15) is 13.2 Å². The predicted octanol–water partition coefficient (Wildman–Crippen LogP) is 2.50. The Balaban J connectivity index is 2.12. The third-order valence-corrected chi connectivity index (χ3v) is 5.73. The van der Waals surface area contributed by atoms with Crippen molar-refractivity contribution in [1.82, 2.24) is 10.0 Å². The highest BCUT2D eigenvalue weighted by atomic mass is 32.2. The van der Waals surface area contributed by atoms with Crippen molar-refractivity contribution in [3.8, 4) is 5.75 Å². The van der Waals surface area contributed by atoms with Crippen LogP contribution in [0.4, 0.5) is 0 Å². The third kappa shape index (κ3) is 5.54. The highest BCUT2D eigenvalue weighted by Crippen LogP contribution is 2.27. The molecule has 0 aliphatic rings. The molecule has 1 atom stereocenters. The van der Waals surface area contributed by atoms with E-state index in [-0.39, 0.29) is 30.0 Å². The molecule has 152 valence electrons. The number of nitrogens with one attached hydrogen (secondary N) is 2. The number of para-hydroxylation sites is 1. The molecule has 7 nitrogen and oxygen atoms in total. The van der Waals surface area contributed by atoms with E-state index in [0.717, 1.165) is 5.56 Å². The first-order chi connectivity index (χ1) is 13.4. The summed E-state index contributed by atoms with van der Waals surface area (Å²) in [6.07, 6.45) is 0.683. The van der Waals surface area contributed by atoms with Crippen LogP contribution in [-0.4, -0.2) is 41.7 Å². The first kappa shape index (κ1) is 21.9. The molecule has 0 aromatic heterocycles. The van der Waals surface area contributed by atoms with E-state index in [1.165, 1.54) is 31.4 Å². The molecule has 0 heterocycles. The Morgan fingerprint density at radius 2 is 1.75 bits per heavy atom. The smallest absolute Gasteiger partial charge is 0.251 e. The zero-order valence-electron chi connectivity index (χ0n) is 16.3. The van der Waals surface area contributed by atoms with Crippen LogP contribution in [0.15, 0.2) is 53.4 Å². The quantitative estimate of drug-likeness (QED) is 0.591. The number of sulfonamides is 1. The molecule has 0 saturated carbocycles. The van der Waals surface area contributed by atoms with Gasteiger partial charge in [-0.1, -0.05) is 25.1 Å². The summed E-state index contributed by atoms with van der Waals surface area (Å²) in [4.78, 5) is 12.7. The molecule has 0 radical (unpaired) electrons. The van der Waals surface area contributed by atoms with E-state index < -0.39 is 10.0 Å². The number of ether oxygens (including phenoxy) is 2. The van der Waals surface area contributed by atoms with Gasteiger partial charge < -0.3 is 14.8 Å². The Labute approximate surface area is 166 Å². The number of carbonyl (C=O) groups is 1. The lowest BCUT2D eigenvalue weighted by molar-refractivity contribution is 0.0935. The van der Waals surface area contributed by atoms with Gasteiger partial charge in [-0.3, -0.25) is 4.79 Å². The van der Waals surface area contributed by atoms with E-state index in [4.69, 9.17) is 9.47 Å². The van der Waals surface area contributed by atoms with Crippen LogP contribution in [0.25, 0.3) is 0 Å². The normalized spacial score (nSPS) is 12.4. The topological polar surface area (TPSA) is 93.7 Å². The molecule has 2 aromatic carbocycles. The SMILES string of the molecule is CCC(NC(=O)c1ccc(S(=O)(=O)NCCOC)cc1)c1ccccc1OC. The monoisotopic (exact) mass is 406 g/mol. The van der Waals surface area contributed by atoms with Crippen LogP contribution in [0.5, 0.6) is 5.75 Å². The molecule has 0 aliphatic heterocycles. The Bertz CT molecular complexity index is 882. The maximum atomic E-state index is 12.6. The van der Waals surface area contributed by atoms with Crippen LogP contribution < -0.4 is 14.8 Å². The molecule has 0 fully saturated rings. The zero-order valence-corrected chi connectivity index (χ0v) is 17.1. The minimum Gasteiger partial charge on any atom is -0.496 e. The van der Waals surface area contributed by atoms with Crippen LogP contribution in [0, 0.1) is 0 Å². The molecule has 1 unspecified atom stereocenters. The first-order valence-electron chi connectivity index (χ1n) is 8.95. The fraction of sp³-hybridized carbons (Fsp3) is 0.350. The van der Waals surface area contributed by atoms with Crippen molar-refractivity contribution < 1.29 is 22.7 Å². The number of hydrogen-bond acceptors (Lipinski definition) is 5. The van der Waals surface area contributed by atoms with E-state index in [1.807, 2.05) is 31.2 Å². The zero-order chi connectivity index (χ0) is 20.6. The fourth-order valence-corrected chi connectivity index (χ4v) is 3.76. The highest BCUT2D eigenvalue weighted by Gasteiger charge is 2.19. The van der Waals surface area contributed by atoms with Gasteiger partial charge in [0, 0.05) is 24.8 Å². The standard InChI is InChI=1S/C20H26N2O5S/c1-4-18(17-7-5-6-8-19(17)27-3)22-20(23)15-9-11-16(12-10-15)28(24,25)21-13-14-26-2/h5-12,18,21H,4,13-14H2,1-3H3,(H,22,23). The van der Waals surface area contributed by atoms with Gasteiger partial charge in [0.15, 0.2) is 0 Å². The number of rotatable bonds is 10. The minimum atomic E-state index is -3.63. The van der Waals surface area contributed by atoms with Gasteiger partial charge in [-0.25, -0.2) is 13.1 Å². The van der Waals surface area contributed by atoms with Gasteiger partial charge in [0.1, 0.15) is 5.75 Å². The molecule has 0 saturated heterocycles. The highest BCUT2D eigenvalue weighted by molar-refractivity contribution is 7.89. The van der Waals surface area contributed by atoms with Crippen LogP contribution in [-0.2, 0) is 14.8 Å². The Morgan fingerprint density at radius 3 is 2.36 bits per heavy atom. The summed E-state index contributed by atoms with van der Waals surface area (Å²) < 4.78 is 37.0. The van der Waals surface area contributed by atoms with Gasteiger partial charge >= 0.3 is 0 Å². The number of carbonyl (C=O) groups excluding carboxylic acids is 1. The Morgan fingerprint density at radius 1 is 1.07 bits per heavy atom. The number of methoxy groups -OCH3 is 2. The second kappa shape index (κ2) is 10.2. The first-order valence-corrected chi connectivity index (χ1v) is 10.4. The van der Waals surface area contributed by atoms with Crippen LogP contribution in [0.2, 0.25) is 0 Å². The summed E-state index contributed by atoms with van der Waals surface area (Å²) in [5, 5.41) is 2.97. The summed E-state index contributed by atoms with van der Waals surface area (Å²) in [7, 11) is -0.546. The van der Waals surface area contributed by atoms with Gasteiger partial charge in [0.2, 0.25) is 10.0 Å². The molecule has 2 aromatic rings. The van der Waals surface area contributed by atoms with Gasteiger partial charge in [-0.15, -0.1) is 0 Å². The number of hydrogen-bond donors (Lipinski definition) is 2. The van der Waals surface area contributed by atoms with Gasteiger partial charge in [0.05, 0.1) is 24.7 Å². The second-order valence-corrected chi connectivity index (χ2v) is 7.86. The van der Waals surface area contributed by atoms with Gasteiger partial charge in [0.25, 0.3) is 5.91 Å². The lowest BCUT2D eigenvalue weighted by Gasteiger charge is -2.20. The minimum absolute atomic E-state index is 0.0944.